The lowest BCUT2D eigenvalue weighted by atomic mass is 10.2. The van der Waals surface area contributed by atoms with Gasteiger partial charge in [-0.2, -0.15) is 0 Å². The van der Waals surface area contributed by atoms with Crippen LogP contribution in [0.25, 0.3) is 11.3 Å². The van der Waals surface area contributed by atoms with E-state index in [-0.39, 0.29) is 23.3 Å². The lowest BCUT2D eigenvalue weighted by molar-refractivity contribution is -0.118. The van der Waals surface area contributed by atoms with Gasteiger partial charge in [-0.15, -0.1) is 11.8 Å². The van der Waals surface area contributed by atoms with Crippen molar-refractivity contribution in [3.05, 3.63) is 58.5 Å². The molecule has 2 heterocycles. The molecule has 2 amide bonds. The van der Waals surface area contributed by atoms with Crippen molar-refractivity contribution in [2.75, 3.05) is 16.8 Å². The van der Waals surface area contributed by atoms with E-state index >= 15 is 0 Å². The standard InChI is InChI=1S/C19H18BrN3O4S/c1-12-8-17(23-27-12)22-19(25)11-28-10-18(24)21-9-15-6-7-16(26-15)13-2-4-14(20)5-3-13/h2-8H,9-11H2,1H3,(H,21,24)(H,22,23,25). The second kappa shape index (κ2) is 9.61. The molecule has 0 saturated heterocycles. The lowest BCUT2D eigenvalue weighted by Crippen LogP contribution is -2.25. The summed E-state index contributed by atoms with van der Waals surface area (Å²) in [5.74, 6) is 2.30. The molecule has 28 heavy (non-hydrogen) atoms. The first-order valence-electron chi connectivity index (χ1n) is 8.42. The van der Waals surface area contributed by atoms with Crippen molar-refractivity contribution in [2.45, 2.75) is 13.5 Å². The number of aromatic nitrogens is 1. The molecule has 0 aliphatic carbocycles. The van der Waals surface area contributed by atoms with Gasteiger partial charge in [0.15, 0.2) is 5.82 Å². The second-order valence-corrected chi connectivity index (χ2v) is 7.81. The number of hydrogen-bond donors (Lipinski definition) is 2. The maximum absolute atomic E-state index is 11.9. The van der Waals surface area contributed by atoms with Crippen LogP contribution in [0.4, 0.5) is 5.82 Å². The highest BCUT2D eigenvalue weighted by Crippen LogP contribution is 2.23. The van der Waals surface area contributed by atoms with Crippen LogP contribution < -0.4 is 10.6 Å². The summed E-state index contributed by atoms with van der Waals surface area (Å²) in [7, 11) is 0. The number of hydrogen-bond acceptors (Lipinski definition) is 6. The predicted octanol–water partition coefficient (Wildman–Crippen LogP) is 3.99. The van der Waals surface area contributed by atoms with Crippen LogP contribution in [0.5, 0.6) is 0 Å². The summed E-state index contributed by atoms with van der Waals surface area (Å²) >= 11 is 4.61. The number of anilines is 1. The Hall–Kier alpha value is -2.52. The van der Waals surface area contributed by atoms with Crippen molar-refractivity contribution < 1.29 is 18.5 Å². The first-order chi connectivity index (χ1) is 13.5. The number of furan rings is 1. The fourth-order valence-electron chi connectivity index (χ4n) is 2.32. The van der Waals surface area contributed by atoms with E-state index in [1.54, 1.807) is 13.0 Å². The van der Waals surface area contributed by atoms with E-state index in [9.17, 15) is 9.59 Å². The van der Waals surface area contributed by atoms with Gasteiger partial charge in [0.05, 0.1) is 18.1 Å². The van der Waals surface area contributed by atoms with E-state index in [1.165, 1.54) is 11.8 Å². The summed E-state index contributed by atoms with van der Waals surface area (Å²) < 4.78 is 11.6. The third kappa shape index (κ3) is 6.00. The smallest absolute Gasteiger partial charge is 0.235 e. The summed E-state index contributed by atoms with van der Waals surface area (Å²) in [6, 6.07) is 13.1. The Labute approximate surface area is 174 Å². The molecular formula is C19H18BrN3O4S. The number of amides is 2. The Bertz CT molecular complexity index is 952. The maximum Gasteiger partial charge on any atom is 0.235 e. The van der Waals surface area contributed by atoms with Gasteiger partial charge in [0.1, 0.15) is 17.3 Å². The number of rotatable bonds is 8. The fourth-order valence-corrected chi connectivity index (χ4v) is 3.23. The molecule has 0 atom stereocenters. The molecule has 9 heteroatoms. The molecule has 2 aromatic heterocycles. The fraction of sp³-hybridized carbons (Fsp3) is 0.211. The van der Waals surface area contributed by atoms with E-state index in [1.807, 2.05) is 36.4 Å². The first kappa shape index (κ1) is 20.2. The van der Waals surface area contributed by atoms with Gasteiger partial charge in [-0.3, -0.25) is 9.59 Å². The Morgan fingerprint density at radius 2 is 1.86 bits per heavy atom. The second-order valence-electron chi connectivity index (χ2n) is 5.91. The zero-order valence-electron chi connectivity index (χ0n) is 15.0. The molecule has 0 saturated carbocycles. The van der Waals surface area contributed by atoms with Crippen molar-refractivity contribution in [3.8, 4) is 11.3 Å². The van der Waals surface area contributed by atoms with Gasteiger partial charge in [0.2, 0.25) is 11.8 Å². The van der Waals surface area contributed by atoms with Crippen molar-refractivity contribution in [2.24, 2.45) is 0 Å². The number of carbonyl (C=O) groups is 2. The van der Waals surface area contributed by atoms with Crippen LogP contribution in [0.1, 0.15) is 11.5 Å². The van der Waals surface area contributed by atoms with Crippen LogP contribution in [-0.2, 0) is 16.1 Å². The molecule has 0 unspecified atom stereocenters. The highest BCUT2D eigenvalue weighted by Gasteiger charge is 2.10. The Kier molecular flexibility index (Phi) is 6.94. The van der Waals surface area contributed by atoms with Crippen molar-refractivity contribution in [1.82, 2.24) is 10.5 Å². The van der Waals surface area contributed by atoms with Crippen molar-refractivity contribution in [1.29, 1.82) is 0 Å². The normalized spacial score (nSPS) is 10.6. The van der Waals surface area contributed by atoms with Crippen molar-refractivity contribution >= 4 is 45.3 Å². The molecule has 0 spiro atoms. The quantitative estimate of drug-likeness (QED) is 0.523. The van der Waals surface area contributed by atoms with Crippen LogP contribution in [-0.4, -0.2) is 28.5 Å². The number of halogens is 1. The van der Waals surface area contributed by atoms with Gasteiger partial charge in [0.25, 0.3) is 0 Å². The number of nitrogens with one attached hydrogen (secondary N) is 2. The predicted molar refractivity (Wildman–Crippen MR) is 111 cm³/mol. The van der Waals surface area contributed by atoms with Crippen molar-refractivity contribution in [3.63, 3.8) is 0 Å². The highest BCUT2D eigenvalue weighted by atomic mass is 79.9. The summed E-state index contributed by atoms with van der Waals surface area (Å²) in [6.07, 6.45) is 0. The largest absolute Gasteiger partial charge is 0.459 e. The minimum Gasteiger partial charge on any atom is -0.459 e. The molecule has 7 nitrogen and oxygen atoms in total. The monoisotopic (exact) mass is 463 g/mol. The van der Waals surface area contributed by atoms with E-state index in [0.717, 1.165) is 15.8 Å². The van der Waals surface area contributed by atoms with Crippen LogP contribution in [0.15, 0.2) is 55.9 Å². The molecule has 146 valence electrons. The summed E-state index contributed by atoms with van der Waals surface area (Å²) in [5.41, 5.74) is 0.963. The van der Waals surface area contributed by atoms with E-state index in [4.69, 9.17) is 8.94 Å². The van der Waals surface area contributed by atoms with Crippen LogP contribution in [0, 0.1) is 6.92 Å². The van der Waals surface area contributed by atoms with Crippen LogP contribution in [0.3, 0.4) is 0 Å². The average molecular weight is 464 g/mol. The molecule has 0 bridgehead atoms. The average Bonchev–Trinajstić information content (AvgIpc) is 3.30. The molecule has 3 aromatic rings. The number of nitrogens with zero attached hydrogens (tertiary/aromatic N) is 1. The third-order valence-corrected chi connectivity index (χ3v) is 5.07. The molecule has 0 radical (unpaired) electrons. The molecule has 3 rings (SSSR count). The Balaban J connectivity index is 1.37. The molecule has 0 fully saturated rings. The minimum absolute atomic E-state index is 0.147. The molecular weight excluding hydrogens is 446 g/mol. The van der Waals surface area contributed by atoms with Gasteiger partial charge in [-0.05, 0) is 31.2 Å². The van der Waals surface area contributed by atoms with E-state index in [0.29, 0.717) is 23.9 Å². The summed E-state index contributed by atoms with van der Waals surface area (Å²) in [4.78, 5) is 23.7. The Morgan fingerprint density at radius 1 is 1.11 bits per heavy atom. The Morgan fingerprint density at radius 3 is 2.57 bits per heavy atom. The highest BCUT2D eigenvalue weighted by molar-refractivity contribution is 9.10. The molecule has 0 aliphatic rings. The molecule has 0 aliphatic heterocycles. The number of aryl methyl sites for hydroxylation is 1. The van der Waals surface area contributed by atoms with Gasteiger partial charge < -0.3 is 19.6 Å². The number of benzene rings is 1. The van der Waals surface area contributed by atoms with E-state index in [2.05, 4.69) is 31.7 Å². The van der Waals surface area contributed by atoms with Gasteiger partial charge >= 0.3 is 0 Å². The lowest BCUT2D eigenvalue weighted by Gasteiger charge is -2.04. The summed E-state index contributed by atoms with van der Waals surface area (Å²) in [5, 5.41) is 9.06. The van der Waals surface area contributed by atoms with Gasteiger partial charge in [-0.25, -0.2) is 0 Å². The number of carbonyl (C=O) groups excluding carboxylic acids is 2. The SMILES string of the molecule is Cc1cc(NC(=O)CSCC(=O)NCc2ccc(-c3ccc(Br)cc3)o2)no1. The maximum atomic E-state index is 11.9. The van der Waals surface area contributed by atoms with Gasteiger partial charge in [-0.1, -0.05) is 33.2 Å². The first-order valence-corrected chi connectivity index (χ1v) is 10.4. The van der Waals surface area contributed by atoms with Gasteiger partial charge in [0, 0.05) is 16.1 Å². The zero-order valence-corrected chi connectivity index (χ0v) is 17.4. The van der Waals surface area contributed by atoms with Crippen LogP contribution in [0.2, 0.25) is 0 Å². The topological polar surface area (TPSA) is 97.4 Å². The zero-order chi connectivity index (χ0) is 19.9. The summed E-state index contributed by atoms with van der Waals surface area (Å²) in [6.45, 7) is 2.03. The third-order valence-electron chi connectivity index (χ3n) is 3.61. The molecule has 1 aromatic carbocycles. The number of thioether (sulfide) groups is 1. The minimum atomic E-state index is -0.240. The molecule has 2 N–H and O–H groups in total. The van der Waals surface area contributed by atoms with Crippen LogP contribution >= 0.6 is 27.7 Å². The van der Waals surface area contributed by atoms with E-state index < -0.39 is 0 Å².